The average Bonchev–Trinajstić information content (AvgIpc) is 3.00. The molecule has 0 radical (unpaired) electrons. The van der Waals surface area contributed by atoms with Crippen molar-refractivity contribution >= 4 is 5.78 Å². The van der Waals surface area contributed by atoms with E-state index in [1.165, 1.54) is 17.1 Å². The molecular weight excluding hydrogens is 274 g/mol. The monoisotopic (exact) mass is 284 g/mol. The van der Waals surface area contributed by atoms with E-state index in [2.05, 4.69) is 5.10 Å². The molecule has 3 aromatic rings. The van der Waals surface area contributed by atoms with Crippen LogP contribution in [0.5, 0.6) is 0 Å². The number of aromatic nitrogens is 2. The number of carbonyl (C=O) groups excluding carboxylic acids is 1. The lowest BCUT2D eigenvalue weighted by atomic mass is 10.1. The minimum atomic E-state index is -0.756. The molecule has 0 saturated heterocycles. The largest absolute Gasteiger partial charge is 0.288 e. The normalized spacial score (nSPS) is 10.6. The fourth-order valence-corrected chi connectivity index (χ4v) is 1.99. The van der Waals surface area contributed by atoms with E-state index < -0.39 is 17.4 Å². The van der Waals surface area contributed by atoms with Gasteiger partial charge in [0.15, 0.2) is 5.78 Å². The molecular formula is C16H10F2N2O. The topological polar surface area (TPSA) is 34.9 Å². The number of nitrogens with zero attached hydrogens (tertiary/aromatic N) is 2. The van der Waals surface area contributed by atoms with Gasteiger partial charge in [0.1, 0.15) is 11.6 Å². The van der Waals surface area contributed by atoms with Crippen LogP contribution in [0, 0.1) is 11.6 Å². The maximum Gasteiger partial charge on any atom is 0.199 e. The summed E-state index contributed by atoms with van der Waals surface area (Å²) in [6.07, 6.45) is 2.82. The van der Waals surface area contributed by atoms with Crippen LogP contribution < -0.4 is 0 Å². The van der Waals surface area contributed by atoms with Crippen molar-refractivity contribution in [1.82, 2.24) is 9.78 Å². The van der Waals surface area contributed by atoms with Crippen molar-refractivity contribution in [3.05, 3.63) is 83.7 Å². The highest BCUT2D eigenvalue weighted by atomic mass is 19.1. The Balaban J connectivity index is 1.96. The Hall–Kier alpha value is -2.82. The van der Waals surface area contributed by atoms with Crippen molar-refractivity contribution in [2.45, 2.75) is 0 Å². The van der Waals surface area contributed by atoms with Gasteiger partial charge in [-0.25, -0.2) is 13.5 Å². The molecule has 0 saturated carbocycles. The van der Waals surface area contributed by atoms with Gasteiger partial charge in [-0.05, 0) is 30.3 Å². The van der Waals surface area contributed by atoms with Gasteiger partial charge in [0.05, 0.1) is 23.0 Å². The maximum atomic E-state index is 13.6. The van der Waals surface area contributed by atoms with Crippen LogP contribution in [0.3, 0.4) is 0 Å². The summed E-state index contributed by atoms with van der Waals surface area (Å²) in [5.41, 5.74) is 0.669. The van der Waals surface area contributed by atoms with Crippen LogP contribution in [0.4, 0.5) is 8.78 Å². The zero-order valence-electron chi connectivity index (χ0n) is 10.8. The zero-order chi connectivity index (χ0) is 14.8. The molecule has 1 aromatic heterocycles. The molecule has 3 rings (SSSR count). The van der Waals surface area contributed by atoms with E-state index in [0.717, 1.165) is 23.9 Å². The van der Waals surface area contributed by atoms with Gasteiger partial charge >= 0.3 is 0 Å². The number of hydrogen-bond acceptors (Lipinski definition) is 2. The van der Waals surface area contributed by atoms with Crippen molar-refractivity contribution in [1.29, 1.82) is 0 Å². The van der Waals surface area contributed by atoms with Crippen LogP contribution in [0.15, 0.2) is 60.9 Å². The lowest BCUT2D eigenvalue weighted by molar-refractivity contribution is 0.103. The van der Waals surface area contributed by atoms with Gasteiger partial charge < -0.3 is 0 Å². The fraction of sp³-hybridized carbons (Fsp3) is 0. The molecule has 0 aliphatic rings. The van der Waals surface area contributed by atoms with Crippen LogP contribution in [0.1, 0.15) is 15.9 Å². The second-order valence-electron chi connectivity index (χ2n) is 4.46. The third-order valence-electron chi connectivity index (χ3n) is 3.04. The van der Waals surface area contributed by atoms with Crippen LogP contribution in [0.25, 0.3) is 5.69 Å². The highest BCUT2D eigenvalue weighted by molar-refractivity contribution is 6.08. The zero-order valence-corrected chi connectivity index (χ0v) is 10.8. The lowest BCUT2D eigenvalue weighted by Crippen LogP contribution is -2.04. The molecule has 0 aliphatic heterocycles. The maximum absolute atomic E-state index is 13.6. The molecule has 5 heteroatoms. The third-order valence-corrected chi connectivity index (χ3v) is 3.04. The van der Waals surface area contributed by atoms with Gasteiger partial charge in [0.25, 0.3) is 0 Å². The predicted octanol–water partition coefficient (Wildman–Crippen LogP) is 3.38. The van der Waals surface area contributed by atoms with Crippen LogP contribution in [-0.4, -0.2) is 15.6 Å². The molecule has 104 valence electrons. The molecule has 0 fully saturated rings. The summed E-state index contributed by atoms with van der Waals surface area (Å²) in [7, 11) is 0. The third kappa shape index (κ3) is 2.58. The predicted molar refractivity (Wildman–Crippen MR) is 73.4 cm³/mol. The molecule has 0 spiro atoms. The van der Waals surface area contributed by atoms with E-state index in [4.69, 9.17) is 0 Å². The Morgan fingerprint density at radius 2 is 1.81 bits per heavy atom. The molecule has 1 heterocycles. The van der Waals surface area contributed by atoms with E-state index in [1.54, 1.807) is 0 Å². The minimum absolute atomic E-state index is 0.198. The Labute approximate surface area is 119 Å². The highest BCUT2D eigenvalue weighted by Crippen LogP contribution is 2.16. The molecule has 0 unspecified atom stereocenters. The molecule has 2 aromatic carbocycles. The van der Waals surface area contributed by atoms with Crippen molar-refractivity contribution in [2.75, 3.05) is 0 Å². The van der Waals surface area contributed by atoms with Gasteiger partial charge in [0.2, 0.25) is 0 Å². The fourth-order valence-electron chi connectivity index (χ4n) is 1.99. The Bertz CT molecular complexity index is 797. The molecule has 21 heavy (non-hydrogen) atoms. The number of carbonyl (C=O) groups is 1. The Morgan fingerprint density at radius 3 is 2.57 bits per heavy atom. The van der Waals surface area contributed by atoms with Crippen molar-refractivity contribution < 1.29 is 13.6 Å². The second kappa shape index (κ2) is 5.28. The second-order valence-corrected chi connectivity index (χ2v) is 4.46. The van der Waals surface area contributed by atoms with Crippen molar-refractivity contribution in [3.63, 3.8) is 0 Å². The quantitative estimate of drug-likeness (QED) is 0.691. The van der Waals surface area contributed by atoms with E-state index in [0.29, 0.717) is 0 Å². The Kier molecular flexibility index (Phi) is 3.31. The number of hydrogen-bond donors (Lipinski definition) is 0. The first-order chi connectivity index (χ1) is 10.1. The summed E-state index contributed by atoms with van der Waals surface area (Å²) < 4.78 is 28.3. The highest BCUT2D eigenvalue weighted by Gasteiger charge is 2.17. The molecule has 3 nitrogen and oxygen atoms in total. The summed E-state index contributed by atoms with van der Waals surface area (Å²) in [6.45, 7) is 0. The summed E-state index contributed by atoms with van der Waals surface area (Å²) in [5.74, 6) is -2.02. The van der Waals surface area contributed by atoms with E-state index in [1.807, 2.05) is 30.3 Å². The summed E-state index contributed by atoms with van der Waals surface area (Å²) in [4.78, 5) is 12.2. The number of para-hydroxylation sites is 1. The number of ketones is 1. The van der Waals surface area contributed by atoms with Gasteiger partial charge in [0, 0.05) is 6.20 Å². The molecule has 0 bridgehead atoms. The first kappa shape index (κ1) is 13.2. The van der Waals surface area contributed by atoms with E-state index >= 15 is 0 Å². The van der Waals surface area contributed by atoms with Crippen molar-refractivity contribution in [3.8, 4) is 5.69 Å². The summed E-state index contributed by atoms with van der Waals surface area (Å²) in [6, 6.07) is 12.0. The Morgan fingerprint density at radius 1 is 1.05 bits per heavy atom. The minimum Gasteiger partial charge on any atom is -0.288 e. The average molecular weight is 284 g/mol. The van der Waals surface area contributed by atoms with Crippen LogP contribution in [0.2, 0.25) is 0 Å². The number of benzene rings is 2. The van der Waals surface area contributed by atoms with Gasteiger partial charge in [-0.15, -0.1) is 0 Å². The summed E-state index contributed by atoms with van der Waals surface area (Å²) in [5, 5.41) is 4.06. The summed E-state index contributed by atoms with van der Waals surface area (Å²) >= 11 is 0. The standard InChI is InChI=1S/C16H10F2N2O/c17-12-6-7-15(18)14(8-12)16(21)11-9-19-20(10-11)13-4-2-1-3-5-13/h1-10H. The molecule has 0 amide bonds. The lowest BCUT2D eigenvalue weighted by Gasteiger charge is -2.01. The van der Waals surface area contributed by atoms with E-state index in [-0.39, 0.29) is 11.1 Å². The SMILES string of the molecule is O=C(c1cnn(-c2ccccc2)c1)c1cc(F)ccc1F. The first-order valence-electron chi connectivity index (χ1n) is 6.25. The molecule has 0 aliphatic carbocycles. The van der Waals surface area contributed by atoms with Crippen LogP contribution >= 0.6 is 0 Å². The number of rotatable bonds is 3. The van der Waals surface area contributed by atoms with Gasteiger partial charge in [-0.3, -0.25) is 4.79 Å². The van der Waals surface area contributed by atoms with Gasteiger partial charge in [-0.1, -0.05) is 18.2 Å². The van der Waals surface area contributed by atoms with Gasteiger partial charge in [-0.2, -0.15) is 5.10 Å². The smallest absolute Gasteiger partial charge is 0.199 e. The molecule has 0 N–H and O–H groups in total. The number of halogens is 2. The first-order valence-corrected chi connectivity index (χ1v) is 6.25. The van der Waals surface area contributed by atoms with Crippen molar-refractivity contribution in [2.24, 2.45) is 0 Å². The van der Waals surface area contributed by atoms with E-state index in [9.17, 15) is 13.6 Å². The van der Waals surface area contributed by atoms with Crippen LogP contribution in [-0.2, 0) is 0 Å². The molecule has 0 atom stereocenters.